The van der Waals surface area contributed by atoms with Crippen LogP contribution in [0.15, 0.2) is 24.3 Å². The molecule has 0 radical (unpaired) electrons. The van der Waals surface area contributed by atoms with Gasteiger partial charge < -0.3 is 10.2 Å². The standard InChI is InChI=1S/C16H24N2/c1-2-11-18-12-8-16(9-13-18)15-6-4-3-5-14(15)7-10-17-16/h3-6,17H,2,7-13H2,1H3. The molecule has 1 N–H and O–H groups in total. The summed E-state index contributed by atoms with van der Waals surface area (Å²) in [7, 11) is 0. The Labute approximate surface area is 110 Å². The van der Waals surface area contributed by atoms with Crippen molar-refractivity contribution >= 4 is 0 Å². The third kappa shape index (κ3) is 2.08. The summed E-state index contributed by atoms with van der Waals surface area (Å²) < 4.78 is 0. The fourth-order valence-corrected chi connectivity index (χ4v) is 3.66. The number of likely N-dealkylation sites (tertiary alicyclic amines) is 1. The predicted molar refractivity (Wildman–Crippen MR) is 75.8 cm³/mol. The second-order valence-corrected chi connectivity index (χ2v) is 5.76. The number of piperidine rings is 1. The van der Waals surface area contributed by atoms with E-state index in [1.807, 2.05) is 0 Å². The van der Waals surface area contributed by atoms with E-state index in [0.29, 0.717) is 0 Å². The van der Waals surface area contributed by atoms with Crippen molar-refractivity contribution in [1.82, 2.24) is 10.2 Å². The van der Waals surface area contributed by atoms with Crippen molar-refractivity contribution in [3.05, 3.63) is 35.4 Å². The monoisotopic (exact) mass is 244 g/mol. The molecule has 0 aromatic heterocycles. The minimum Gasteiger partial charge on any atom is -0.307 e. The molecule has 1 fully saturated rings. The summed E-state index contributed by atoms with van der Waals surface area (Å²) in [6, 6.07) is 9.05. The summed E-state index contributed by atoms with van der Waals surface area (Å²) in [4.78, 5) is 2.62. The number of nitrogens with one attached hydrogen (secondary N) is 1. The van der Waals surface area contributed by atoms with Crippen molar-refractivity contribution in [1.29, 1.82) is 0 Å². The van der Waals surface area contributed by atoms with E-state index < -0.39 is 0 Å². The third-order valence-electron chi connectivity index (χ3n) is 4.64. The smallest absolute Gasteiger partial charge is 0.0461 e. The molecular weight excluding hydrogens is 220 g/mol. The van der Waals surface area contributed by atoms with E-state index in [1.54, 1.807) is 11.1 Å². The summed E-state index contributed by atoms with van der Waals surface area (Å²) in [5.41, 5.74) is 3.42. The van der Waals surface area contributed by atoms with Crippen LogP contribution in [0.25, 0.3) is 0 Å². The first kappa shape index (κ1) is 12.2. The highest BCUT2D eigenvalue weighted by Gasteiger charge is 2.38. The molecule has 0 aliphatic carbocycles. The summed E-state index contributed by atoms with van der Waals surface area (Å²) in [5, 5.41) is 3.83. The van der Waals surface area contributed by atoms with E-state index in [9.17, 15) is 0 Å². The van der Waals surface area contributed by atoms with Gasteiger partial charge in [0.2, 0.25) is 0 Å². The highest BCUT2D eigenvalue weighted by atomic mass is 15.2. The quantitative estimate of drug-likeness (QED) is 0.860. The average Bonchev–Trinajstić information content (AvgIpc) is 2.43. The van der Waals surface area contributed by atoms with Gasteiger partial charge in [-0.15, -0.1) is 0 Å². The summed E-state index contributed by atoms with van der Waals surface area (Å²) in [6.45, 7) is 7.17. The molecule has 0 amide bonds. The van der Waals surface area contributed by atoms with Crippen LogP contribution in [0, 0.1) is 0 Å². The normalized spacial score (nSPS) is 22.9. The lowest BCUT2D eigenvalue weighted by Gasteiger charge is -2.46. The lowest BCUT2D eigenvalue weighted by molar-refractivity contribution is 0.129. The van der Waals surface area contributed by atoms with Crippen molar-refractivity contribution in [3.8, 4) is 0 Å². The van der Waals surface area contributed by atoms with E-state index in [4.69, 9.17) is 0 Å². The molecule has 2 nitrogen and oxygen atoms in total. The molecule has 2 aliphatic rings. The first-order valence-corrected chi connectivity index (χ1v) is 7.40. The van der Waals surface area contributed by atoms with Gasteiger partial charge in [0.1, 0.15) is 0 Å². The molecule has 1 saturated heterocycles. The van der Waals surface area contributed by atoms with Gasteiger partial charge in [0.25, 0.3) is 0 Å². The first-order chi connectivity index (χ1) is 8.84. The zero-order valence-corrected chi connectivity index (χ0v) is 11.4. The lowest BCUT2D eigenvalue weighted by Crippen LogP contribution is -2.54. The minimum absolute atomic E-state index is 0.277. The SMILES string of the molecule is CCCN1CCC2(CC1)NCCc1ccccc12. The number of benzene rings is 1. The van der Waals surface area contributed by atoms with Crippen molar-refractivity contribution in [3.63, 3.8) is 0 Å². The largest absolute Gasteiger partial charge is 0.307 e. The van der Waals surface area contributed by atoms with Gasteiger partial charge in [-0.1, -0.05) is 31.2 Å². The Hall–Kier alpha value is -0.860. The molecule has 2 heterocycles. The van der Waals surface area contributed by atoms with Crippen LogP contribution in [0.1, 0.15) is 37.3 Å². The van der Waals surface area contributed by atoms with Gasteiger partial charge in [0, 0.05) is 25.2 Å². The van der Waals surface area contributed by atoms with Gasteiger partial charge in [-0.3, -0.25) is 0 Å². The second kappa shape index (κ2) is 5.02. The number of nitrogens with zero attached hydrogens (tertiary/aromatic N) is 1. The van der Waals surface area contributed by atoms with Crippen molar-refractivity contribution in [2.45, 2.75) is 38.1 Å². The van der Waals surface area contributed by atoms with E-state index in [1.165, 1.54) is 45.3 Å². The summed E-state index contributed by atoms with van der Waals surface area (Å²) in [6.07, 6.45) is 5.00. The predicted octanol–water partition coefficient (Wildman–Crippen LogP) is 2.53. The average molecular weight is 244 g/mol. The maximum Gasteiger partial charge on any atom is 0.0461 e. The summed E-state index contributed by atoms with van der Waals surface area (Å²) in [5.74, 6) is 0. The van der Waals surface area contributed by atoms with Crippen LogP contribution >= 0.6 is 0 Å². The topological polar surface area (TPSA) is 15.3 Å². The van der Waals surface area contributed by atoms with Crippen LogP contribution in [0.4, 0.5) is 0 Å². The summed E-state index contributed by atoms with van der Waals surface area (Å²) >= 11 is 0. The Morgan fingerprint density at radius 3 is 2.78 bits per heavy atom. The van der Waals surface area contributed by atoms with Gasteiger partial charge in [-0.25, -0.2) is 0 Å². The molecule has 1 spiro atoms. The molecule has 0 saturated carbocycles. The van der Waals surface area contributed by atoms with Gasteiger partial charge in [0.05, 0.1) is 0 Å². The van der Waals surface area contributed by atoms with Gasteiger partial charge in [-0.05, 0) is 43.4 Å². The Morgan fingerprint density at radius 2 is 2.00 bits per heavy atom. The maximum absolute atomic E-state index is 3.83. The number of rotatable bonds is 2. The van der Waals surface area contributed by atoms with Crippen LogP contribution in [0.5, 0.6) is 0 Å². The van der Waals surface area contributed by atoms with E-state index in [2.05, 4.69) is 41.4 Å². The van der Waals surface area contributed by atoms with Gasteiger partial charge in [-0.2, -0.15) is 0 Å². The molecule has 0 unspecified atom stereocenters. The Morgan fingerprint density at radius 1 is 1.22 bits per heavy atom. The number of hydrogen-bond donors (Lipinski definition) is 1. The zero-order valence-electron chi connectivity index (χ0n) is 11.4. The van der Waals surface area contributed by atoms with Crippen LogP contribution in [-0.4, -0.2) is 31.1 Å². The van der Waals surface area contributed by atoms with Crippen LogP contribution in [0.3, 0.4) is 0 Å². The zero-order chi connectivity index (χ0) is 12.4. The van der Waals surface area contributed by atoms with Crippen LogP contribution in [0.2, 0.25) is 0 Å². The lowest BCUT2D eigenvalue weighted by atomic mass is 9.76. The Bertz CT molecular complexity index is 405. The van der Waals surface area contributed by atoms with E-state index in [-0.39, 0.29) is 5.54 Å². The Kier molecular flexibility index (Phi) is 3.40. The fourth-order valence-electron chi connectivity index (χ4n) is 3.66. The highest BCUT2D eigenvalue weighted by Crippen LogP contribution is 2.37. The molecule has 2 heteroatoms. The molecule has 1 aromatic carbocycles. The third-order valence-corrected chi connectivity index (χ3v) is 4.64. The van der Waals surface area contributed by atoms with Crippen LogP contribution < -0.4 is 5.32 Å². The number of hydrogen-bond acceptors (Lipinski definition) is 2. The highest BCUT2D eigenvalue weighted by molar-refractivity contribution is 5.36. The van der Waals surface area contributed by atoms with Crippen molar-refractivity contribution < 1.29 is 0 Å². The molecule has 3 rings (SSSR count). The molecule has 18 heavy (non-hydrogen) atoms. The molecule has 98 valence electrons. The molecule has 0 bridgehead atoms. The van der Waals surface area contributed by atoms with Crippen molar-refractivity contribution in [2.24, 2.45) is 0 Å². The molecular formula is C16H24N2. The maximum atomic E-state index is 3.83. The molecule has 2 aliphatic heterocycles. The second-order valence-electron chi connectivity index (χ2n) is 5.76. The molecule has 1 aromatic rings. The minimum atomic E-state index is 0.277. The van der Waals surface area contributed by atoms with E-state index in [0.717, 1.165) is 6.54 Å². The Balaban J connectivity index is 1.81. The van der Waals surface area contributed by atoms with Gasteiger partial charge >= 0.3 is 0 Å². The fraction of sp³-hybridized carbons (Fsp3) is 0.625. The van der Waals surface area contributed by atoms with E-state index >= 15 is 0 Å². The van der Waals surface area contributed by atoms with Crippen LogP contribution in [-0.2, 0) is 12.0 Å². The first-order valence-electron chi connectivity index (χ1n) is 7.40. The van der Waals surface area contributed by atoms with Crippen molar-refractivity contribution in [2.75, 3.05) is 26.2 Å². The number of fused-ring (bicyclic) bond motifs is 2. The molecule has 0 atom stereocenters. The van der Waals surface area contributed by atoms with Gasteiger partial charge in [0.15, 0.2) is 0 Å².